The van der Waals surface area contributed by atoms with Crippen molar-refractivity contribution in [2.24, 2.45) is 12.5 Å². The van der Waals surface area contributed by atoms with E-state index in [0.29, 0.717) is 12.2 Å². The molecule has 0 bridgehead atoms. The number of hydrogen-bond acceptors (Lipinski definition) is 4. The van der Waals surface area contributed by atoms with Gasteiger partial charge in [-0.05, 0) is 12.8 Å². The van der Waals surface area contributed by atoms with Gasteiger partial charge in [-0.2, -0.15) is 5.10 Å². The number of nitrogens with two attached hydrogens (primary N) is 1. The molecule has 0 aromatic carbocycles. The van der Waals surface area contributed by atoms with E-state index in [-0.39, 0.29) is 18.4 Å². The van der Waals surface area contributed by atoms with Crippen LogP contribution >= 0.6 is 0 Å². The van der Waals surface area contributed by atoms with Gasteiger partial charge in [0.1, 0.15) is 5.82 Å². The molecule has 2 amide bonds. The first kappa shape index (κ1) is 14.1. The summed E-state index contributed by atoms with van der Waals surface area (Å²) >= 11 is 0. The van der Waals surface area contributed by atoms with E-state index in [0.717, 1.165) is 31.2 Å². The highest BCUT2D eigenvalue weighted by molar-refractivity contribution is 6.05. The summed E-state index contributed by atoms with van der Waals surface area (Å²) in [4.78, 5) is 26.5. The van der Waals surface area contributed by atoms with Gasteiger partial charge in [0.05, 0.1) is 18.2 Å². The Kier molecular flexibility index (Phi) is 3.47. The number of aryl methyl sites for hydroxylation is 1. The number of nitrogens with zero attached hydrogens (tertiary/aromatic N) is 3. The molecule has 1 saturated heterocycles. The third kappa shape index (κ3) is 2.32. The Hall–Kier alpha value is -1.85. The topological polar surface area (TPSA) is 81.2 Å². The van der Waals surface area contributed by atoms with E-state index in [1.54, 1.807) is 17.9 Å². The van der Waals surface area contributed by atoms with E-state index in [2.05, 4.69) is 5.10 Å². The predicted molar refractivity (Wildman–Crippen MR) is 77.9 cm³/mol. The largest absolute Gasteiger partial charge is 0.384 e. The number of amides is 2. The summed E-state index contributed by atoms with van der Waals surface area (Å²) in [5.74, 6) is 0.445. The maximum absolute atomic E-state index is 12.8. The molecule has 2 aliphatic rings. The molecule has 2 N–H and O–H groups in total. The van der Waals surface area contributed by atoms with E-state index in [9.17, 15) is 9.59 Å². The van der Waals surface area contributed by atoms with Crippen LogP contribution in [0.5, 0.6) is 0 Å². The van der Waals surface area contributed by atoms with Gasteiger partial charge < -0.3 is 5.73 Å². The van der Waals surface area contributed by atoms with Gasteiger partial charge in [-0.3, -0.25) is 19.2 Å². The van der Waals surface area contributed by atoms with Crippen molar-refractivity contribution in [3.63, 3.8) is 0 Å². The van der Waals surface area contributed by atoms with Crippen LogP contribution < -0.4 is 5.73 Å². The van der Waals surface area contributed by atoms with Gasteiger partial charge >= 0.3 is 0 Å². The first-order valence-electron chi connectivity index (χ1n) is 7.65. The highest BCUT2D eigenvalue weighted by atomic mass is 16.2. The second-order valence-corrected chi connectivity index (χ2v) is 6.34. The van der Waals surface area contributed by atoms with Gasteiger partial charge in [-0.15, -0.1) is 0 Å². The first-order valence-corrected chi connectivity index (χ1v) is 7.65. The molecule has 1 aromatic rings. The lowest BCUT2D eigenvalue weighted by atomic mass is 9.79. The number of carbonyl (C=O) groups excluding carboxylic acids is 2. The minimum absolute atomic E-state index is 0.00217. The van der Waals surface area contributed by atoms with Gasteiger partial charge in [0.15, 0.2) is 0 Å². The lowest BCUT2D eigenvalue weighted by Gasteiger charge is -2.24. The van der Waals surface area contributed by atoms with Crippen molar-refractivity contribution in [3.05, 3.63) is 11.8 Å². The van der Waals surface area contributed by atoms with Crippen LogP contribution in [0.1, 0.15) is 50.5 Å². The third-order valence-electron chi connectivity index (χ3n) is 4.94. The Morgan fingerprint density at radius 1 is 1.24 bits per heavy atom. The quantitative estimate of drug-likeness (QED) is 0.839. The lowest BCUT2D eigenvalue weighted by Crippen LogP contribution is -2.35. The van der Waals surface area contributed by atoms with Gasteiger partial charge in [-0.1, -0.05) is 25.7 Å². The Morgan fingerprint density at radius 3 is 2.48 bits per heavy atom. The fourth-order valence-corrected chi connectivity index (χ4v) is 3.60. The molecule has 0 radical (unpaired) electrons. The van der Waals surface area contributed by atoms with Crippen LogP contribution in [0.4, 0.5) is 5.82 Å². The number of hydrogen-bond donors (Lipinski definition) is 1. The number of rotatable bonds is 2. The molecule has 1 spiro atoms. The van der Waals surface area contributed by atoms with Gasteiger partial charge in [0.2, 0.25) is 11.8 Å². The monoisotopic (exact) mass is 290 g/mol. The average molecular weight is 290 g/mol. The van der Waals surface area contributed by atoms with Crippen LogP contribution in [0.25, 0.3) is 0 Å². The summed E-state index contributed by atoms with van der Waals surface area (Å²) in [6, 6.07) is 0. The van der Waals surface area contributed by atoms with Gasteiger partial charge in [-0.25, -0.2) is 0 Å². The molecule has 21 heavy (non-hydrogen) atoms. The van der Waals surface area contributed by atoms with E-state index in [1.807, 2.05) is 0 Å². The summed E-state index contributed by atoms with van der Waals surface area (Å²) in [6.45, 7) is 0.249. The maximum atomic E-state index is 12.8. The SMILES string of the molecule is Cn1ncc(CN2C(=O)CC3(CCCCCC3)C2=O)c1N. The molecule has 1 aliphatic carbocycles. The van der Waals surface area contributed by atoms with Gasteiger partial charge in [0.25, 0.3) is 0 Å². The molecule has 2 fully saturated rings. The van der Waals surface area contributed by atoms with Crippen LogP contribution in [0.3, 0.4) is 0 Å². The van der Waals surface area contributed by atoms with Crippen molar-refractivity contribution in [3.8, 4) is 0 Å². The molecular formula is C15H22N4O2. The second kappa shape index (κ2) is 5.16. The number of likely N-dealkylation sites (tertiary alicyclic amines) is 1. The zero-order valence-electron chi connectivity index (χ0n) is 12.5. The summed E-state index contributed by atoms with van der Waals surface area (Å²) < 4.78 is 1.56. The van der Waals surface area contributed by atoms with Crippen molar-refractivity contribution < 1.29 is 9.59 Å². The average Bonchev–Trinajstić information content (AvgIpc) is 2.78. The predicted octanol–water partition coefficient (Wildman–Crippen LogP) is 1.60. The Morgan fingerprint density at radius 2 is 1.90 bits per heavy atom. The third-order valence-corrected chi connectivity index (χ3v) is 4.94. The highest BCUT2D eigenvalue weighted by Crippen LogP contribution is 2.44. The minimum atomic E-state index is -0.440. The normalized spacial score (nSPS) is 22.0. The number of imide groups is 1. The zero-order valence-corrected chi connectivity index (χ0v) is 12.5. The minimum Gasteiger partial charge on any atom is -0.384 e. The molecule has 3 rings (SSSR count). The van der Waals surface area contributed by atoms with Crippen LogP contribution in [0.2, 0.25) is 0 Å². The second-order valence-electron chi connectivity index (χ2n) is 6.34. The van der Waals surface area contributed by atoms with Gasteiger partial charge in [0, 0.05) is 19.0 Å². The maximum Gasteiger partial charge on any atom is 0.236 e. The molecule has 1 aromatic heterocycles. The molecule has 0 atom stereocenters. The summed E-state index contributed by atoms with van der Waals surface area (Å²) in [7, 11) is 1.75. The van der Waals surface area contributed by atoms with E-state index >= 15 is 0 Å². The zero-order chi connectivity index (χ0) is 15.0. The molecule has 6 nitrogen and oxygen atoms in total. The lowest BCUT2D eigenvalue weighted by molar-refractivity contribution is -0.142. The molecule has 114 valence electrons. The Balaban J connectivity index is 1.82. The van der Waals surface area contributed by atoms with E-state index in [1.165, 1.54) is 17.7 Å². The van der Waals surface area contributed by atoms with Crippen LogP contribution in [-0.4, -0.2) is 26.5 Å². The van der Waals surface area contributed by atoms with E-state index < -0.39 is 5.41 Å². The Labute approximate surface area is 124 Å². The van der Waals surface area contributed by atoms with Crippen molar-refractivity contribution in [2.75, 3.05) is 5.73 Å². The fraction of sp³-hybridized carbons (Fsp3) is 0.667. The van der Waals surface area contributed by atoms with Crippen LogP contribution in [0, 0.1) is 5.41 Å². The smallest absolute Gasteiger partial charge is 0.236 e. The Bertz CT molecular complexity index is 570. The number of aromatic nitrogens is 2. The summed E-state index contributed by atoms with van der Waals surface area (Å²) in [5, 5.41) is 4.07. The van der Waals surface area contributed by atoms with Crippen LogP contribution in [0.15, 0.2) is 6.20 Å². The number of nitrogen functional groups attached to an aromatic ring is 1. The van der Waals surface area contributed by atoms with Crippen molar-refractivity contribution >= 4 is 17.6 Å². The molecule has 1 saturated carbocycles. The fourth-order valence-electron chi connectivity index (χ4n) is 3.60. The van der Waals surface area contributed by atoms with Crippen molar-refractivity contribution in [1.29, 1.82) is 0 Å². The standard InChI is InChI=1S/C15H22N4O2/c1-18-13(16)11(9-17-18)10-19-12(20)8-15(14(19)21)6-4-2-3-5-7-15/h9H,2-8,10,16H2,1H3. The van der Waals surface area contributed by atoms with E-state index in [4.69, 9.17) is 5.73 Å². The molecule has 1 aliphatic heterocycles. The summed E-state index contributed by atoms with van der Waals surface area (Å²) in [6.07, 6.45) is 8.11. The van der Waals surface area contributed by atoms with Crippen molar-refractivity contribution in [1.82, 2.24) is 14.7 Å². The summed E-state index contributed by atoms with van der Waals surface area (Å²) in [5.41, 5.74) is 6.22. The number of anilines is 1. The van der Waals surface area contributed by atoms with Crippen LogP contribution in [-0.2, 0) is 23.2 Å². The molecule has 6 heteroatoms. The molecule has 2 heterocycles. The molecule has 0 unspecified atom stereocenters. The first-order chi connectivity index (χ1) is 10.0. The highest BCUT2D eigenvalue weighted by Gasteiger charge is 2.50. The number of carbonyl (C=O) groups is 2. The molecular weight excluding hydrogens is 268 g/mol. The van der Waals surface area contributed by atoms with Crippen molar-refractivity contribution in [2.45, 2.75) is 51.5 Å².